The minimum Gasteiger partial charge on any atom is -0.380 e. The molecule has 80 valence electrons. The van der Waals surface area contributed by atoms with Crippen molar-refractivity contribution in [3.63, 3.8) is 0 Å². The van der Waals surface area contributed by atoms with E-state index >= 15 is 0 Å². The minimum absolute atomic E-state index is 0. The Morgan fingerprint density at radius 2 is 2.31 bits per heavy atom. The molecule has 0 aromatic carbocycles. The molecular weight excluding hydrogens is 188 g/mol. The Bertz CT molecular complexity index is 124. The van der Waals surface area contributed by atoms with Gasteiger partial charge in [0.2, 0.25) is 0 Å². The Kier molecular flexibility index (Phi) is 7.66. The molecule has 1 unspecified atom stereocenters. The molecule has 0 spiro atoms. The Hall–Kier alpha value is 0.170. The first-order chi connectivity index (χ1) is 5.84. The molecule has 0 aromatic heterocycles. The smallest absolute Gasteiger partial charge is 0.0593 e. The van der Waals surface area contributed by atoms with Crippen molar-refractivity contribution in [3.8, 4) is 0 Å². The summed E-state index contributed by atoms with van der Waals surface area (Å²) in [5, 5.41) is 3.37. The van der Waals surface area contributed by atoms with E-state index in [1.807, 2.05) is 6.92 Å². The number of hydrogen-bond acceptors (Lipinski definition) is 3. The summed E-state index contributed by atoms with van der Waals surface area (Å²) >= 11 is 0. The van der Waals surface area contributed by atoms with Crippen LogP contribution >= 0.6 is 12.4 Å². The second kappa shape index (κ2) is 7.56. The van der Waals surface area contributed by atoms with Crippen molar-refractivity contribution >= 4 is 12.4 Å². The van der Waals surface area contributed by atoms with E-state index in [9.17, 15) is 0 Å². The van der Waals surface area contributed by atoms with Gasteiger partial charge in [0.1, 0.15) is 0 Å². The van der Waals surface area contributed by atoms with Gasteiger partial charge in [0.25, 0.3) is 0 Å². The number of rotatable bonds is 4. The number of halogens is 1. The van der Waals surface area contributed by atoms with Gasteiger partial charge in [-0.1, -0.05) is 0 Å². The van der Waals surface area contributed by atoms with Gasteiger partial charge >= 0.3 is 0 Å². The molecule has 0 aromatic rings. The SMILES string of the molecule is CCOCCN1CCNCC1C.Cl. The molecule has 1 aliphatic rings. The number of ether oxygens (including phenoxy) is 1. The van der Waals surface area contributed by atoms with Gasteiger partial charge in [-0.3, -0.25) is 4.90 Å². The fourth-order valence-corrected chi connectivity index (χ4v) is 1.54. The maximum atomic E-state index is 5.32. The molecule has 1 fully saturated rings. The van der Waals surface area contributed by atoms with Crippen molar-refractivity contribution in [2.75, 3.05) is 39.4 Å². The van der Waals surface area contributed by atoms with E-state index < -0.39 is 0 Å². The van der Waals surface area contributed by atoms with Gasteiger partial charge in [0.05, 0.1) is 6.61 Å². The molecule has 0 saturated carbocycles. The van der Waals surface area contributed by atoms with Crippen LogP contribution in [0.25, 0.3) is 0 Å². The van der Waals surface area contributed by atoms with Gasteiger partial charge in [-0.05, 0) is 13.8 Å². The second-order valence-corrected chi connectivity index (χ2v) is 3.29. The Labute approximate surface area is 87.2 Å². The lowest BCUT2D eigenvalue weighted by Crippen LogP contribution is -2.50. The Morgan fingerprint density at radius 3 is 2.92 bits per heavy atom. The van der Waals surface area contributed by atoms with Crippen LogP contribution in [0.2, 0.25) is 0 Å². The lowest BCUT2D eigenvalue weighted by atomic mass is 10.2. The van der Waals surface area contributed by atoms with Gasteiger partial charge in [0, 0.05) is 38.8 Å². The van der Waals surface area contributed by atoms with Crippen LogP contribution in [-0.4, -0.2) is 50.3 Å². The van der Waals surface area contributed by atoms with Gasteiger partial charge in [0.15, 0.2) is 0 Å². The summed E-state index contributed by atoms with van der Waals surface area (Å²) in [5.41, 5.74) is 0. The average molecular weight is 209 g/mol. The number of piperazine rings is 1. The fraction of sp³-hybridized carbons (Fsp3) is 1.00. The minimum atomic E-state index is 0. The summed E-state index contributed by atoms with van der Waals surface area (Å²) in [5.74, 6) is 0. The Balaban J connectivity index is 0.00000144. The highest BCUT2D eigenvalue weighted by molar-refractivity contribution is 5.85. The molecule has 1 atom stereocenters. The summed E-state index contributed by atoms with van der Waals surface area (Å²) in [6, 6.07) is 0.666. The summed E-state index contributed by atoms with van der Waals surface area (Å²) in [6.45, 7) is 10.5. The molecule has 0 amide bonds. The van der Waals surface area contributed by atoms with E-state index in [4.69, 9.17) is 4.74 Å². The van der Waals surface area contributed by atoms with E-state index in [1.54, 1.807) is 0 Å². The van der Waals surface area contributed by atoms with Gasteiger partial charge in [-0.15, -0.1) is 12.4 Å². The van der Waals surface area contributed by atoms with E-state index in [0.717, 1.165) is 39.4 Å². The molecule has 0 aliphatic carbocycles. The zero-order valence-corrected chi connectivity index (χ0v) is 9.40. The van der Waals surface area contributed by atoms with Crippen molar-refractivity contribution < 1.29 is 4.74 Å². The van der Waals surface area contributed by atoms with E-state index in [1.165, 1.54) is 0 Å². The molecule has 1 heterocycles. The highest BCUT2D eigenvalue weighted by atomic mass is 35.5. The van der Waals surface area contributed by atoms with Crippen LogP contribution < -0.4 is 5.32 Å². The quantitative estimate of drug-likeness (QED) is 0.690. The Morgan fingerprint density at radius 1 is 1.54 bits per heavy atom. The first-order valence-electron chi connectivity index (χ1n) is 4.87. The second-order valence-electron chi connectivity index (χ2n) is 3.29. The van der Waals surface area contributed by atoms with Gasteiger partial charge < -0.3 is 10.1 Å². The van der Waals surface area contributed by atoms with E-state index in [-0.39, 0.29) is 12.4 Å². The molecule has 13 heavy (non-hydrogen) atoms. The number of nitrogens with one attached hydrogen (secondary N) is 1. The third-order valence-corrected chi connectivity index (χ3v) is 2.37. The van der Waals surface area contributed by atoms with Crippen molar-refractivity contribution in [2.24, 2.45) is 0 Å². The van der Waals surface area contributed by atoms with Crippen molar-refractivity contribution in [1.29, 1.82) is 0 Å². The molecule has 4 heteroatoms. The topological polar surface area (TPSA) is 24.5 Å². The summed E-state index contributed by atoms with van der Waals surface area (Å²) in [4.78, 5) is 2.48. The van der Waals surface area contributed by atoms with E-state index in [2.05, 4.69) is 17.1 Å². The predicted molar refractivity (Wildman–Crippen MR) is 57.6 cm³/mol. The van der Waals surface area contributed by atoms with Crippen molar-refractivity contribution in [3.05, 3.63) is 0 Å². The van der Waals surface area contributed by atoms with Crippen LogP contribution in [0.15, 0.2) is 0 Å². The van der Waals surface area contributed by atoms with Crippen LogP contribution in [0.5, 0.6) is 0 Å². The predicted octanol–water partition coefficient (Wildman–Crippen LogP) is 0.738. The molecule has 3 nitrogen and oxygen atoms in total. The summed E-state index contributed by atoms with van der Waals surface area (Å²) < 4.78 is 5.32. The van der Waals surface area contributed by atoms with Crippen LogP contribution in [0.3, 0.4) is 0 Å². The molecule has 1 N–H and O–H groups in total. The van der Waals surface area contributed by atoms with E-state index in [0.29, 0.717) is 6.04 Å². The van der Waals surface area contributed by atoms with Crippen LogP contribution in [0.1, 0.15) is 13.8 Å². The summed E-state index contributed by atoms with van der Waals surface area (Å²) in [6.07, 6.45) is 0. The molecule has 1 rings (SSSR count). The van der Waals surface area contributed by atoms with Crippen molar-refractivity contribution in [1.82, 2.24) is 10.2 Å². The number of nitrogens with zero attached hydrogens (tertiary/aromatic N) is 1. The number of hydrogen-bond donors (Lipinski definition) is 1. The molecule has 1 aliphatic heterocycles. The van der Waals surface area contributed by atoms with Gasteiger partial charge in [-0.2, -0.15) is 0 Å². The lowest BCUT2D eigenvalue weighted by Gasteiger charge is -2.33. The van der Waals surface area contributed by atoms with Crippen LogP contribution in [0.4, 0.5) is 0 Å². The first kappa shape index (κ1) is 13.2. The summed E-state index contributed by atoms with van der Waals surface area (Å²) in [7, 11) is 0. The highest BCUT2D eigenvalue weighted by Crippen LogP contribution is 2.00. The first-order valence-corrected chi connectivity index (χ1v) is 4.87. The largest absolute Gasteiger partial charge is 0.380 e. The zero-order valence-electron chi connectivity index (χ0n) is 8.58. The molecule has 0 radical (unpaired) electrons. The third kappa shape index (κ3) is 4.81. The average Bonchev–Trinajstić information content (AvgIpc) is 2.09. The maximum absolute atomic E-state index is 5.32. The lowest BCUT2D eigenvalue weighted by molar-refractivity contribution is 0.0879. The maximum Gasteiger partial charge on any atom is 0.0593 e. The standard InChI is InChI=1S/C9H20N2O.ClH/c1-3-12-7-6-11-5-4-10-8-9(11)2;/h9-10H,3-8H2,1-2H3;1H. The van der Waals surface area contributed by atoms with Crippen LogP contribution in [-0.2, 0) is 4.74 Å². The normalized spacial score (nSPS) is 24.0. The molecule has 1 saturated heterocycles. The van der Waals surface area contributed by atoms with Crippen LogP contribution in [0, 0.1) is 0 Å². The molecule has 0 bridgehead atoms. The highest BCUT2D eigenvalue weighted by Gasteiger charge is 2.16. The van der Waals surface area contributed by atoms with Gasteiger partial charge in [-0.25, -0.2) is 0 Å². The zero-order chi connectivity index (χ0) is 8.81. The van der Waals surface area contributed by atoms with Crippen molar-refractivity contribution in [2.45, 2.75) is 19.9 Å². The fourth-order valence-electron chi connectivity index (χ4n) is 1.54. The monoisotopic (exact) mass is 208 g/mol. The third-order valence-electron chi connectivity index (χ3n) is 2.37. The molecular formula is C9H21ClN2O.